The van der Waals surface area contributed by atoms with Gasteiger partial charge in [-0.3, -0.25) is 0 Å². The summed E-state index contributed by atoms with van der Waals surface area (Å²) >= 11 is 0. The van der Waals surface area contributed by atoms with E-state index >= 15 is 0 Å². The van der Waals surface area contributed by atoms with E-state index in [0.29, 0.717) is 0 Å². The highest BCUT2D eigenvalue weighted by molar-refractivity contribution is 6.13. The van der Waals surface area contributed by atoms with Crippen LogP contribution >= 0.6 is 0 Å². The fourth-order valence-corrected chi connectivity index (χ4v) is 10.3. The van der Waals surface area contributed by atoms with Crippen molar-refractivity contribution in [3.63, 3.8) is 0 Å². The summed E-state index contributed by atoms with van der Waals surface area (Å²) in [6.45, 7) is 0. The second-order valence-electron chi connectivity index (χ2n) is 17.7. The number of hydrogen-bond acceptors (Lipinski definition) is 2. The molecule has 324 valence electrons. The van der Waals surface area contributed by atoms with Gasteiger partial charge in [0.1, 0.15) is 11.2 Å². The maximum atomic E-state index is 6.34. The minimum absolute atomic E-state index is 0.887. The molecule has 0 aliphatic rings. The molecule has 0 aliphatic heterocycles. The van der Waals surface area contributed by atoms with Crippen LogP contribution in [0.4, 0.5) is 17.1 Å². The van der Waals surface area contributed by atoms with Gasteiger partial charge in [-0.05, 0) is 141 Å². The van der Waals surface area contributed by atoms with E-state index in [1.54, 1.807) is 0 Å². The van der Waals surface area contributed by atoms with Gasteiger partial charge in [0.25, 0.3) is 0 Å². The molecule has 0 fully saturated rings. The molecule has 3 heteroatoms. The third-order valence-electron chi connectivity index (χ3n) is 13.6. The average Bonchev–Trinajstić information content (AvgIpc) is 3.98. The van der Waals surface area contributed by atoms with E-state index in [9.17, 15) is 0 Å². The first-order valence-corrected chi connectivity index (χ1v) is 23.6. The Labute approximate surface area is 401 Å². The van der Waals surface area contributed by atoms with Crippen LogP contribution in [0, 0.1) is 0 Å². The standard InChI is InChI=1S/C66H44N2O/c1-2-15-45(16-3-1)48-17-11-20-51(42-48)52-21-12-23-56(43-52)67(57-24-13-22-53(44-57)58-28-14-32-65-66(58)61-27-6-9-31-64(61)69-65)54-37-33-46(34-38-54)49-18-10-19-50(41-49)47-35-39-55(40-36-47)68-62-29-7-4-25-59(62)60-26-5-8-30-63(60)68/h1-44H. The summed E-state index contributed by atoms with van der Waals surface area (Å²) in [4.78, 5) is 2.38. The molecular weight excluding hydrogens is 837 g/mol. The van der Waals surface area contributed by atoms with Crippen molar-refractivity contribution in [1.29, 1.82) is 0 Å². The van der Waals surface area contributed by atoms with Crippen molar-refractivity contribution in [2.75, 3.05) is 4.90 Å². The van der Waals surface area contributed by atoms with Crippen molar-refractivity contribution in [1.82, 2.24) is 4.57 Å². The van der Waals surface area contributed by atoms with Gasteiger partial charge in [-0.1, -0.05) is 182 Å². The Hall–Kier alpha value is -9.18. The third-order valence-corrected chi connectivity index (χ3v) is 13.6. The Balaban J connectivity index is 0.870. The van der Waals surface area contributed by atoms with Crippen molar-refractivity contribution in [2.24, 2.45) is 0 Å². The monoisotopic (exact) mass is 880 g/mol. The number of para-hydroxylation sites is 3. The van der Waals surface area contributed by atoms with Crippen molar-refractivity contribution in [3.05, 3.63) is 267 Å². The van der Waals surface area contributed by atoms with Gasteiger partial charge >= 0.3 is 0 Å². The van der Waals surface area contributed by atoms with E-state index in [-0.39, 0.29) is 0 Å². The Morgan fingerprint density at radius 2 is 0.710 bits per heavy atom. The highest BCUT2D eigenvalue weighted by Crippen LogP contribution is 2.42. The van der Waals surface area contributed by atoms with Crippen LogP contribution in [0.25, 0.3) is 105 Å². The minimum Gasteiger partial charge on any atom is -0.456 e. The molecule has 3 nitrogen and oxygen atoms in total. The molecule has 0 spiro atoms. The Morgan fingerprint density at radius 3 is 1.35 bits per heavy atom. The molecule has 0 saturated heterocycles. The van der Waals surface area contributed by atoms with Crippen LogP contribution in [-0.2, 0) is 0 Å². The fourth-order valence-electron chi connectivity index (χ4n) is 10.3. The second-order valence-corrected chi connectivity index (χ2v) is 17.7. The summed E-state index contributed by atoms with van der Waals surface area (Å²) < 4.78 is 8.70. The van der Waals surface area contributed by atoms with Gasteiger partial charge in [-0.25, -0.2) is 0 Å². The number of nitrogens with zero attached hydrogens (tertiary/aromatic N) is 2. The van der Waals surface area contributed by atoms with Gasteiger partial charge in [-0.15, -0.1) is 0 Å². The van der Waals surface area contributed by atoms with Crippen LogP contribution in [0.2, 0.25) is 0 Å². The zero-order valence-electron chi connectivity index (χ0n) is 37.7. The normalized spacial score (nSPS) is 11.5. The molecule has 13 rings (SSSR count). The van der Waals surface area contributed by atoms with Crippen molar-refractivity contribution < 1.29 is 4.42 Å². The quantitative estimate of drug-likeness (QED) is 0.144. The summed E-state index contributed by atoms with van der Waals surface area (Å²) in [7, 11) is 0. The van der Waals surface area contributed by atoms with E-state index in [0.717, 1.165) is 66.9 Å². The number of furan rings is 1. The van der Waals surface area contributed by atoms with Crippen LogP contribution in [0.15, 0.2) is 271 Å². The van der Waals surface area contributed by atoms with Crippen LogP contribution in [0.5, 0.6) is 0 Å². The zero-order valence-corrected chi connectivity index (χ0v) is 37.7. The zero-order chi connectivity index (χ0) is 45.7. The molecule has 0 atom stereocenters. The van der Waals surface area contributed by atoms with Crippen molar-refractivity contribution in [2.45, 2.75) is 0 Å². The summed E-state index contributed by atoms with van der Waals surface area (Å²) in [5, 5.41) is 4.78. The molecule has 69 heavy (non-hydrogen) atoms. The first kappa shape index (κ1) is 40.1. The van der Waals surface area contributed by atoms with E-state index in [4.69, 9.17) is 4.42 Å². The summed E-state index contributed by atoms with van der Waals surface area (Å²) in [5.41, 5.74) is 20.2. The molecule has 2 heterocycles. The number of rotatable bonds is 9. The average molecular weight is 881 g/mol. The van der Waals surface area contributed by atoms with E-state index < -0.39 is 0 Å². The molecule has 11 aromatic carbocycles. The number of benzene rings is 11. The SMILES string of the molecule is c1ccc(-c2cccc(-c3cccc(N(c4ccc(-c5cccc(-c6ccc(-n7c8ccccc8c8ccccc87)cc6)c5)cc4)c4cccc(-c5cccc6oc7ccccc7c56)c4)c3)c2)cc1. The third kappa shape index (κ3) is 7.25. The van der Waals surface area contributed by atoms with Gasteiger partial charge in [0.05, 0.1) is 11.0 Å². The van der Waals surface area contributed by atoms with Crippen LogP contribution in [-0.4, -0.2) is 4.57 Å². The molecule has 0 unspecified atom stereocenters. The number of hydrogen-bond donors (Lipinski definition) is 0. The van der Waals surface area contributed by atoms with Crippen molar-refractivity contribution >= 4 is 60.8 Å². The lowest BCUT2D eigenvalue weighted by Gasteiger charge is -2.27. The summed E-state index contributed by atoms with van der Waals surface area (Å²) in [5.74, 6) is 0. The smallest absolute Gasteiger partial charge is 0.136 e. The Kier molecular flexibility index (Phi) is 9.84. The molecule has 0 bridgehead atoms. The van der Waals surface area contributed by atoms with Crippen LogP contribution in [0.3, 0.4) is 0 Å². The maximum Gasteiger partial charge on any atom is 0.136 e. The number of aromatic nitrogens is 1. The predicted molar refractivity (Wildman–Crippen MR) is 290 cm³/mol. The molecule has 13 aromatic rings. The van der Waals surface area contributed by atoms with Crippen LogP contribution in [0.1, 0.15) is 0 Å². The molecule has 0 aliphatic carbocycles. The molecule has 0 saturated carbocycles. The lowest BCUT2D eigenvalue weighted by molar-refractivity contribution is 0.669. The lowest BCUT2D eigenvalue weighted by Crippen LogP contribution is -2.10. The number of fused-ring (bicyclic) bond motifs is 6. The summed E-state index contributed by atoms with van der Waals surface area (Å²) in [6.07, 6.45) is 0. The first-order chi connectivity index (χ1) is 34.2. The molecular formula is C66H44N2O. The minimum atomic E-state index is 0.887. The van der Waals surface area contributed by atoms with Gasteiger partial charge < -0.3 is 13.9 Å². The van der Waals surface area contributed by atoms with Gasteiger partial charge in [0.2, 0.25) is 0 Å². The summed E-state index contributed by atoms with van der Waals surface area (Å²) in [6, 6.07) is 96.1. The van der Waals surface area contributed by atoms with E-state index in [1.165, 1.54) is 55.2 Å². The van der Waals surface area contributed by atoms with E-state index in [2.05, 4.69) is 264 Å². The van der Waals surface area contributed by atoms with Crippen LogP contribution < -0.4 is 4.90 Å². The second kappa shape index (κ2) is 16.9. The highest BCUT2D eigenvalue weighted by Gasteiger charge is 2.18. The molecule has 0 amide bonds. The molecule has 0 N–H and O–H groups in total. The first-order valence-electron chi connectivity index (χ1n) is 23.6. The van der Waals surface area contributed by atoms with Gasteiger partial charge in [0.15, 0.2) is 0 Å². The van der Waals surface area contributed by atoms with Gasteiger partial charge in [0, 0.05) is 44.3 Å². The molecule has 0 radical (unpaired) electrons. The lowest BCUT2D eigenvalue weighted by atomic mass is 9.97. The van der Waals surface area contributed by atoms with Crippen molar-refractivity contribution in [3.8, 4) is 61.3 Å². The largest absolute Gasteiger partial charge is 0.456 e. The topological polar surface area (TPSA) is 21.3 Å². The fraction of sp³-hybridized carbons (Fsp3) is 0. The van der Waals surface area contributed by atoms with Gasteiger partial charge in [-0.2, -0.15) is 0 Å². The van der Waals surface area contributed by atoms with E-state index in [1.807, 2.05) is 12.1 Å². The Bertz CT molecular complexity index is 3960. The maximum absolute atomic E-state index is 6.34. The Morgan fingerprint density at radius 1 is 0.275 bits per heavy atom. The predicted octanol–water partition coefficient (Wildman–Crippen LogP) is 18.5. The molecule has 2 aromatic heterocycles. The number of anilines is 3. The highest BCUT2D eigenvalue weighted by atomic mass is 16.3.